The second kappa shape index (κ2) is 13.4. The normalized spacial score (nSPS) is 12.0. The quantitative estimate of drug-likeness (QED) is 0.203. The molecule has 1 atom stereocenters. The summed E-state index contributed by atoms with van der Waals surface area (Å²) in [5.41, 5.74) is 0.510. The number of aromatic carboxylic acids is 1. The highest BCUT2D eigenvalue weighted by Crippen LogP contribution is 2.35. The summed E-state index contributed by atoms with van der Waals surface area (Å²) in [5.74, 6) is -1.25. The second-order valence-corrected chi connectivity index (χ2v) is 9.77. The van der Waals surface area contributed by atoms with Crippen LogP contribution in [-0.2, 0) is 17.5 Å². The number of carbonyl (C=O) groups excluding carboxylic acids is 1. The molecule has 0 fully saturated rings. The Morgan fingerprint density at radius 1 is 1.05 bits per heavy atom. The Kier molecular flexibility index (Phi) is 9.69. The molecule has 0 radical (unpaired) electrons. The number of methoxy groups -OCH3 is 1. The van der Waals surface area contributed by atoms with Crippen molar-refractivity contribution in [2.75, 3.05) is 20.2 Å². The van der Waals surface area contributed by atoms with Gasteiger partial charge in [-0.05, 0) is 54.7 Å². The highest BCUT2D eigenvalue weighted by Gasteiger charge is 2.41. The third-order valence-corrected chi connectivity index (χ3v) is 6.97. The van der Waals surface area contributed by atoms with E-state index in [0.717, 1.165) is 17.5 Å². The summed E-state index contributed by atoms with van der Waals surface area (Å²) in [6, 6.07) is 19.4. The number of hydrogen-bond acceptors (Lipinski definition) is 6. The number of hydrogen-bond donors (Lipinski definition) is 1. The number of benzene rings is 2. The van der Waals surface area contributed by atoms with E-state index in [1.54, 1.807) is 35.2 Å². The number of amides is 1. The monoisotopic (exact) mass is 596 g/mol. The number of rotatable bonds is 11. The lowest BCUT2D eigenvalue weighted by molar-refractivity contribution is -0.143. The van der Waals surface area contributed by atoms with Gasteiger partial charge in [0.1, 0.15) is 17.9 Å². The first-order valence-electron chi connectivity index (χ1n) is 13.5. The summed E-state index contributed by atoms with van der Waals surface area (Å²) in [6.07, 6.45) is -3.87. The number of carbonyl (C=O) groups is 2. The van der Waals surface area contributed by atoms with Gasteiger partial charge in [0.25, 0.3) is 0 Å². The Morgan fingerprint density at radius 2 is 1.77 bits per heavy atom. The highest BCUT2D eigenvalue weighted by atomic mass is 19.4. The number of halogens is 3. The van der Waals surface area contributed by atoms with E-state index in [0.29, 0.717) is 41.0 Å². The van der Waals surface area contributed by atoms with Crippen molar-refractivity contribution >= 4 is 12.1 Å². The van der Waals surface area contributed by atoms with Crippen LogP contribution in [0.4, 0.5) is 18.0 Å². The van der Waals surface area contributed by atoms with Crippen molar-refractivity contribution in [2.45, 2.75) is 39.0 Å². The van der Waals surface area contributed by atoms with Gasteiger partial charge in [0.2, 0.25) is 0 Å². The lowest BCUT2D eigenvalue weighted by Gasteiger charge is -2.21. The van der Waals surface area contributed by atoms with Crippen LogP contribution in [0.15, 0.2) is 72.9 Å². The fraction of sp³-hybridized carbons (Fsp3) is 0.290. The van der Waals surface area contributed by atoms with Crippen molar-refractivity contribution in [3.63, 3.8) is 0 Å². The van der Waals surface area contributed by atoms with E-state index in [4.69, 9.17) is 9.47 Å². The van der Waals surface area contributed by atoms with Gasteiger partial charge in [-0.1, -0.05) is 49.4 Å². The van der Waals surface area contributed by atoms with Crippen LogP contribution in [0.25, 0.3) is 17.1 Å². The van der Waals surface area contributed by atoms with E-state index < -0.39 is 23.4 Å². The first-order valence-corrected chi connectivity index (χ1v) is 13.5. The third kappa shape index (κ3) is 7.32. The first-order chi connectivity index (χ1) is 20.5. The molecule has 0 aliphatic heterocycles. The molecule has 1 N–H and O–H groups in total. The Morgan fingerprint density at radius 3 is 2.42 bits per heavy atom. The standard InChI is InChI=1S/C31H31F3N4O5/c1-4-37(30(41)42-3)17-16-20(2)22-14-12-21(13-15-22)19-43-26-10-6-5-8-23(26)25-9-7-11-27(36-25)38-28(31(32,33)34)24(18-35-38)29(39)40/h5-15,18,20H,4,16-17,19H2,1-3H3,(H,39,40). The molecular weight excluding hydrogens is 565 g/mol. The van der Waals surface area contributed by atoms with Crippen LogP contribution in [0.2, 0.25) is 0 Å². The van der Waals surface area contributed by atoms with Crippen LogP contribution in [0.5, 0.6) is 5.75 Å². The van der Waals surface area contributed by atoms with E-state index >= 15 is 0 Å². The number of para-hydroxylation sites is 1. The minimum Gasteiger partial charge on any atom is -0.488 e. The number of ether oxygens (including phenoxy) is 2. The summed E-state index contributed by atoms with van der Waals surface area (Å²) >= 11 is 0. The number of carboxylic acid groups (broad SMARTS) is 1. The molecule has 0 bridgehead atoms. The Labute approximate surface area is 246 Å². The van der Waals surface area contributed by atoms with Crippen LogP contribution in [-0.4, -0.2) is 57.0 Å². The molecule has 0 aliphatic rings. The van der Waals surface area contributed by atoms with Crippen LogP contribution in [0, 0.1) is 0 Å². The molecule has 2 aromatic heterocycles. The van der Waals surface area contributed by atoms with Crippen molar-refractivity contribution in [3.8, 4) is 22.8 Å². The average Bonchev–Trinajstić information content (AvgIpc) is 3.47. The molecule has 0 aliphatic carbocycles. The highest BCUT2D eigenvalue weighted by molar-refractivity contribution is 5.89. The smallest absolute Gasteiger partial charge is 0.434 e. The molecule has 1 unspecified atom stereocenters. The molecule has 9 nitrogen and oxygen atoms in total. The van der Waals surface area contributed by atoms with Gasteiger partial charge >= 0.3 is 18.2 Å². The van der Waals surface area contributed by atoms with Crippen molar-refractivity contribution < 1.29 is 37.3 Å². The molecule has 1 amide bonds. The molecule has 0 spiro atoms. The number of nitrogens with zero attached hydrogens (tertiary/aromatic N) is 4. The van der Waals surface area contributed by atoms with Crippen LogP contribution >= 0.6 is 0 Å². The minimum absolute atomic E-state index is 0.189. The second-order valence-electron chi connectivity index (χ2n) is 9.77. The zero-order valence-corrected chi connectivity index (χ0v) is 23.8. The van der Waals surface area contributed by atoms with Gasteiger partial charge in [-0.2, -0.15) is 18.3 Å². The van der Waals surface area contributed by atoms with Crippen LogP contribution in [0.3, 0.4) is 0 Å². The zero-order chi connectivity index (χ0) is 31.1. The molecule has 226 valence electrons. The summed E-state index contributed by atoms with van der Waals surface area (Å²) < 4.78 is 52.6. The number of carboxylic acids is 1. The van der Waals surface area contributed by atoms with E-state index in [1.807, 2.05) is 31.2 Å². The topological polar surface area (TPSA) is 107 Å². The fourth-order valence-electron chi connectivity index (χ4n) is 4.57. The van der Waals surface area contributed by atoms with Gasteiger partial charge in [0.15, 0.2) is 11.5 Å². The fourth-order valence-corrected chi connectivity index (χ4v) is 4.57. The van der Waals surface area contributed by atoms with E-state index in [-0.39, 0.29) is 24.4 Å². The summed E-state index contributed by atoms with van der Waals surface area (Å²) in [4.78, 5) is 29.2. The maximum Gasteiger partial charge on any atom is 0.434 e. The third-order valence-electron chi connectivity index (χ3n) is 6.97. The molecule has 4 rings (SSSR count). The van der Waals surface area contributed by atoms with Gasteiger partial charge < -0.3 is 19.5 Å². The molecular formula is C31H31F3N4O5. The van der Waals surface area contributed by atoms with Crippen molar-refractivity contribution in [1.29, 1.82) is 0 Å². The molecule has 2 heterocycles. The van der Waals surface area contributed by atoms with Gasteiger partial charge in [-0.25, -0.2) is 19.3 Å². The first kappa shape index (κ1) is 31.1. The lowest BCUT2D eigenvalue weighted by atomic mass is 9.96. The molecule has 43 heavy (non-hydrogen) atoms. The van der Waals surface area contributed by atoms with E-state index in [1.165, 1.54) is 19.2 Å². The van der Waals surface area contributed by atoms with Crippen LogP contribution in [0.1, 0.15) is 53.4 Å². The number of alkyl halides is 3. The molecule has 0 saturated carbocycles. The van der Waals surface area contributed by atoms with E-state index in [2.05, 4.69) is 17.0 Å². The van der Waals surface area contributed by atoms with Gasteiger partial charge in [-0.15, -0.1) is 0 Å². The largest absolute Gasteiger partial charge is 0.488 e. The Bertz CT molecular complexity index is 1570. The molecule has 4 aromatic rings. The summed E-state index contributed by atoms with van der Waals surface area (Å²) in [7, 11) is 1.37. The summed E-state index contributed by atoms with van der Waals surface area (Å²) in [5, 5.41) is 12.9. The van der Waals surface area contributed by atoms with Gasteiger partial charge in [-0.3, -0.25) is 0 Å². The predicted molar refractivity (Wildman–Crippen MR) is 152 cm³/mol. The number of aromatic nitrogens is 3. The minimum atomic E-state index is -4.96. The van der Waals surface area contributed by atoms with Crippen molar-refractivity contribution in [1.82, 2.24) is 19.7 Å². The predicted octanol–water partition coefficient (Wildman–Crippen LogP) is 6.81. The average molecular weight is 597 g/mol. The molecule has 2 aromatic carbocycles. The van der Waals surface area contributed by atoms with E-state index in [9.17, 15) is 27.9 Å². The zero-order valence-electron chi connectivity index (χ0n) is 23.8. The maximum absolute atomic E-state index is 13.7. The van der Waals surface area contributed by atoms with Crippen LogP contribution < -0.4 is 4.74 Å². The molecule has 12 heteroatoms. The van der Waals surface area contributed by atoms with Crippen molar-refractivity contribution in [2.24, 2.45) is 0 Å². The number of pyridine rings is 1. The van der Waals surface area contributed by atoms with Gasteiger partial charge in [0, 0.05) is 18.7 Å². The van der Waals surface area contributed by atoms with Crippen molar-refractivity contribution in [3.05, 3.63) is 95.3 Å². The Balaban J connectivity index is 1.49. The maximum atomic E-state index is 13.7. The summed E-state index contributed by atoms with van der Waals surface area (Å²) in [6.45, 7) is 5.38. The SMILES string of the molecule is CCN(CCC(C)c1ccc(COc2ccccc2-c2cccc(-n3ncc(C(=O)O)c3C(F)(F)F)n2)cc1)C(=O)OC. The lowest BCUT2D eigenvalue weighted by Crippen LogP contribution is -2.32. The van der Waals surface area contributed by atoms with Gasteiger partial charge in [0.05, 0.1) is 19.0 Å². The Hall–Kier alpha value is -4.87. The molecule has 0 saturated heterocycles.